The zero-order valence-corrected chi connectivity index (χ0v) is 62.5. The van der Waals surface area contributed by atoms with Crippen LogP contribution in [0.3, 0.4) is 0 Å². The lowest BCUT2D eigenvalue weighted by molar-refractivity contribution is -0.161. The summed E-state index contributed by atoms with van der Waals surface area (Å²) >= 11 is 0. The van der Waals surface area contributed by atoms with E-state index >= 15 is 0 Å². The van der Waals surface area contributed by atoms with Crippen molar-refractivity contribution in [2.75, 3.05) is 39.6 Å². The third kappa shape index (κ3) is 68.4. The molecule has 0 aromatic rings. The Hall–Kier alpha value is -1.94. The van der Waals surface area contributed by atoms with Crippen molar-refractivity contribution in [1.29, 1.82) is 0 Å². The molecule has 0 saturated heterocycles. The highest BCUT2D eigenvalue weighted by Gasteiger charge is 2.30. The standard InChI is InChI=1S/C74H144O17P2/c1-8-9-10-11-12-13-14-15-16-17-18-22-25-28-33-41-48-55-71(76)84-61-69(90-73(78)57-50-43-34-29-26-23-20-19-21-24-27-31-38-45-52-65(2)3)63-88-92(80,81)86-59-68(75)60-87-93(82,83)89-64-70(62-85-72(77)56-49-42-37-36-40-47-54-67(6)7)91-74(79)58-51-44-35-30-32-39-46-53-66(4)5/h65-70,75H,8-64H2,1-7H3,(H,80,81)(H,82,83)/t68-,69-,70-/m1/s1. The normalized spacial score (nSPS) is 14.1. The molecule has 0 radical (unpaired) electrons. The maximum absolute atomic E-state index is 13.1. The molecule has 0 aliphatic rings. The van der Waals surface area contributed by atoms with E-state index in [1.807, 2.05) is 0 Å². The Morgan fingerprint density at radius 2 is 0.495 bits per heavy atom. The highest BCUT2D eigenvalue weighted by Crippen LogP contribution is 2.45. The van der Waals surface area contributed by atoms with Crippen molar-refractivity contribution >= 4 is 39.5 Å². The van der Waals surface area contributed by atoms with Gasteiger partial charge in [-0.3, -0.25) is 37.3 Å². The Bertz CT molecular complexity index is 1820. The van der Waals surface area contributed by atoms with E-state index < -0.39 is 97.5 Å². The van der Waals surface area contributed by atoms with Crippen molar-refractivity contribution in [3.63, 3.8) is 0 Å². The molecule has 19 heteroatoms. The number of rotatable bonds is 72. The number of carbonyl (C=O) groups is 4. The highest BCUT2D eigenvalue weighted by atomic mass is 31.2. The minimum Gasteiger partial charge on any atom is -0.462 e. The number of hydrogen-bond acceptors (Lipinski definition) is 15. The summed E-state index contributed by atoms with van der Waals surface area (Å²) in [6, 6.07) is 0. The van der Waals surface area contributed by atoms with Gasteiger partial charge in [-0.25, -0.2) is 9.13 Å². The van der Waals surface area contributed by atoms with Gasteiger partial charge in [0, 0.05) is 25.7 Å². The van der Waals surface area contributed by atoms with Crippen molar-refractivity contribution in [1.82, 2.24) is 0 Å². The largest absolute Gasteiger partial charge is 0.472 e. The van der Waals surface area contributed by atoms with Crippen molar-refractivity contribution in [2.24, 2.45) is 17.8 Å². The van der Waals surface area contributed by atoms with Gasteiger partial charge in [-0.05, 0) is 43.4 Å². The molecule has 0 aliphatic carbocycles. The molecule has 3 N–H and O–H groups in total. The van der Waals surface area contributed by atoms with Crippen molar-refractivity contribution < 1.29 is 80.2 Å². The minimum absolute atomic E-state index is 0.102. The molecule has 0 rings (SSSR count). The quantitative estimate of drug-likeness (QED) is 0.0222. The molecular weight excluding hydrogens is 1220 g/mol. The smallest absolute Gasteiger partial charge is 0.462 e. The molecular formula is C74H144O17P2. The van der Waals surface area contributed by atoms with Crippen LogP contribution in [0.1, 0.15) is 376 Å². The van der Waals surface area contributed by atoms with Crippen LogP contribution in [0.25, 0.3) is 0 Å². The number of ether oxygens (including phenoxy) is 4. The lowest BCUT2D eigenvalue weighted by atomic mass is 10.0. The molecule has 17 nitrogen and oxygen atoms in total. The van der Waals surface area contributed by atoms with Gasteiger partial charge in [0.25, 0.3) is 0 Å². The van der Waals surface area contributed by atoms with Gasteiger partial charge in [0.15, 0.2) is 12.2 Å². The van der Waals surface area contributed by atoms with Crippen LogP contribution >= 0.6 is 15.6 Å². The van der Waals surface area contributed by atoms with Crippen LogP contribution in [0, 0.1) is 17.8 Å². The summed E-state index contributed by atoms with van der Waals surface area (Å²) in [4.78, 5) is 72.6. The molecule has 2 unspecified atom stereocenters. The molecule has 5 atom stereocenters. The summed E-state index contributed by atoms with van der Waals surface area (Å²) in [5.74, 6) is 0.0454. The van der Waals surface area contributed by atoms with Crippen LogP contribution in [-0.4, -0.2) is 96.7 Å². The number of aliphatic hydroxyl groups excluding tert-OH is 1. The number of unbranched alkanes of at least 4 members (excludes halogenated alkanes) is 40. The first-order valence-corrected chi connectivity index (χ1v) is 41.3. The number of hydrogen-bond donors (Lipinski definition) is 3. The van der Waals surface area contributed by atoms with Crippen LogP contribution in [0.2, 0.25) is 0 Å². The molecule has 0 aliphatic heterocycles. The van der Waals surface area contributed by atoms with E-state index in [-0.39, 0.29) is 25.7 Å². The number of aliphatic hydroxyl groups is 1. The first-order chi connectivity index (χ1) is 44.7. The van der Waals surface area contributed by atoms with Crippen molar-refractivity contribution in [2.45, 2.75) is 394 Å². The van der Waals surface area contributed by atoms with Crippen LogP contribution < -0.4 is 0 Å². The summed E-state index contributed by atoms with van der Waals surface area (Å²) in [7, 11) is -9.91. The molecule has 0 aromatic carbocycles. The van der Waals surface area contributed by atoms with Gasteiger partial charge in [-0.2, -0.15) is 0 Å². The molecule has 552 valence electrons. The molecule has 0 spiro atoms. The fraction of sp³-hybridized carbons (Fsp3) is 0.946. The Morgan fingerprint density at radius 3 is 0.731 bits per heavy atom. The van der Waals surface area contributed by atoms with Gasteiger partial charge < -0.3 is 33.8 Å². The predicted octanol–water partition coefficient (Wildman–Crippen LogP) is 21.4. The van der Waals surface area contributed by atoms with E-state index in [4.69, 9.17) is 37.0 Å². The Morgan fingerprint density at radius 1 is 0.290 bits per heavy atom. The topological polar surface area (TPSA) is 237 Å². The van der Waals surface area contributed by atoms with Gasteiger partial charge in [0.2, 0.25) is 0 Å². The minimum atomic E-state index is -4.96. The average Bonchev–Trinajstić information content (AvgIpc) is 2.16. The summed E-state index contributed by atoms with van der Waals surface area (Å²) < 4.78 is 68.4. The van der Waals surface area contributed by atoms with E-state index in [0.717, 1.165) is 102 Å². The summed E-state index contributed by atoms with van der Waals surface area (Å²) in [6.07, 6.45) is 50.3. The van der Waals surface area contributed by atoms with E-state index in [1.54, 1.807) is 0 Å². The molecule has 0 aromatic heterocycles. The third-order valence-electron chi connectivity index (χ3n) is 17.1. The molecule has 0 saturated carbocycles. The van der Waals surface area contributed by atoms with Crippen LogP contribution in [0.5, 0.6) is 0 Å². The van der Waals surface area contributed by atoms with Crippen LogP contribution in [0.15, 0.2) is 0 Å². The van der Waals surface area contributed by atoms with E-state index in [2.05, 4.69) is 48.5 Å². The van der Waals surface area contributed by atoms with E-state index in [9.17, 15) is 43.2 Å². The zero-order valence-electron chi connectivity index (χ0n) is 60.7. The van der Waals surface area contributed by atoms with Crippen molar-refractivity contribution in [3.8, 4) is 0 Å². The first-order valence-electron chi connectivity index (χ1n) is 38.3. The molecule has 93 heavy (non-hydrogen) atoms. The fourth-order valence-corrected chi connectivity index (χ4v) is 12.8. The van der Waals surface area contributed by atoms with Gasteiger partial charge in [0.05, 0.1) is 26.4 Å². The lowest BCUT2D eigenvalue weighted by Gasteiger charge is -2.21. The van der Waals surface area contributed by atoms with E-state index in [1.165, 1.54) is 180 Å². The number of phosphoric ester groups is 2. The van der Waals surface area contributed by atoms with Gasteiger partial charge in [0.1, 0.15) is 19.3 Å². The summed E-state index contributed by atoms with van der Waals surface area (Å²) in [5.41, 5.74) is 0. The molecule has 0 amide bonds. The maximum Gasteiger partial charge on any atom is 0.472 e. The SMILES string of the molecule is CCCCCCCCCCCCCCCCCCCC(=O)OC[C@H](COP(=O)(O)OC[C@@H](O)COP(=O)(O)OC[C@@H](COC(=O)CCCCCCCCC(C)C)OC(=O)CCCCCCCCCC(C)C)OC(=O)CCCCCCCCCCCCCCCCC(C)C. The second-order valence-corrected chi connectivity index (χ2v) is 31.0. The lowest BCUT2D eigenvalue weighted by Crippen LogP contribution is -2.30. The van der Waals surface area contributed by atoms with Gasteiger partial charge in [-0.1, -0.05) is 325 Å². The summed E-state index contributed by atoms with van der Waals surface area (Å²) in [6.45, 7) is 11.8. The third-order valence-corrected chi connectivity index (χ3v) is 19.0. The zero-order chi connectivity index (χ0) is 68.7. The second kappa shape index (κ2) is 64.7. The average molecular weight is 1370 g/mol. The monoisotopic (exact) mass is 1370 g/mol. The summed E-state index contributed by atoms with van der Waals surface area (Å²) in [5, 5.41) is 10.6. The van der Waals surface area contributed by atoms with Crippen LogP contribution in [0.4, 0.5) is 0 Å². The van der Waals surface area contributed by atoms with Crippen molar-refractivity contribution in [3.05, 3.63) is 0 Å². The number of carbonyl (C=O) groups excluding carboxylic acids is 4. The van der Waals surface area contributed by atoms with Crippen LogP contribution in [-0.2, 0) is 65.4 Å². The molecule has 0 bridgehead atoms. The maximum atomic E-state index is 13.1. The second-order valence-electron chi connectivity index (χ2n) is 28.1. The molecule has 0 heterocycles. The Labute approximate surface area is 568 Å². The first kappa shape index (κ1) is 91.1. The highest BCUT2D eigenvalue weighted by molar-refractivity contribution is 7.47. The number of phosphoric acid groups is 2. The Balaban J connectivity index is 5.22. The predicted molar refractivity (Wildman–Crippen MR) is 377 cm³/mol. The van der Waals surface area contributed by atoms with E-state index in [0.29, 0.717) is 37.5 Å². The van der Waals surface area contributed by atoms with Gasteiger partial charge in [-0.15, -0.1) is 0 Å². The van der Waals surface area contributed by atoms with Gasteiger partial charge >= 0.3 is 39.5 Å². The Kier molecular flexibility index (Phi) is 63.4. The fourth-order valence-electron chi connectivity index (χ4n) is 11.2. The number of esters is 4. The molecule has 0 fully saturated rings.